The highest BCUT2D eigenvalue weighted by Gasteiger charge is 2.17. The fraction of sp³-hybridized carbons (Fsp3) is 0.500. The van der Waals surface area contributed by atoms with Crippen molar-refractivity contribution in [3.8, 4) is 0 Å². The average Bonchev–Trinajstić information content (AvgIpc) is 2.11. The van der Waals surface area contributed by atoms with Gasteiger partial charge >= 0.3 is 0 Å². The highest BCUT2D eigenvalue weighted by Crippen LogP contribution is 2.23. The van der Waals surface area contributed by atoms with E-state index in [4.69, 9.17) is 0 Å². The van der Waals surface area contributed by atoms with Crippen LogP contribution in [0.5, 0.6) is 0 Å². The van der Waals surface area contributed by atoms with Crippen LogP contribution >= 0.6 is 0 Å². The number of benzene rings is 1. The van der Waals surface area contributed by atoms with Gasteiger partial charge in [0, 0.05) is 0 Å². The molecule has 0 aliphatic carbocycles. The first-order valence-electron chi connectivity index (χ1n) is 5.33. The van der Waals surface area contributed by atoms with E-state index in [0.717, 1.165) is 16.7 Å². The quantitative estimate of drug-likeness (QED) is 0.884. The lowest BCUT2D eigenvalue weighted by atomic mass is 10.1. The number of nitrogens with one attached hydrogen (secondary N) is 1. The van der Waals surface area contributed by atoms with E-state index in [1.54, 1.807) is 13.8 Å². The molecule has 0 saturated carbocycles. The van der Waals surface area contributed by atoms with Crippen LogP contribution < -0.4 is 4.72 Å². The van der Waals surface area contributed by atoms with E-state index < -0.39 is 15.3 Å². The van der Waals surface area contributed by atoms with Gasteiger partial charge in [0.25, 0.3) is 0 Å². The van der Waals surface area contributed by atoms with E-state index in [2.05, 4.69) is 4.72 Å². The standard InChI is InChI=1S/C12H19NO2S/c1-8(2)16(14,15)13-12-10(4)6-9(3)7-11(12)5/h6-8,13H,1-5H3. The Hall–Kier alpha value is -1.03. The van der Waals surface area contributed by atoms with Gasteiger partial charge in [-0.05, 0) is 45.7 Å². The Labute approximate surface area is 97.9 Å². The van der Waals surface area contributed by atoms with E-state index in [1.165, 1.54) is 0 Å². The molecule has 0 saturated heterocycles. The third-order valence-electron chi connectivity index (χ3n) is 2.54. The highest BCUT2D eigenvalue weighted by atomic mass is 32.2. The summed E-state index contributed by atoms with van der Waals surface area (Å²) in [5.74, 6) is 0. The summed E-state index contributed by atoms with van der Waals surface area (Å²) >= 11 is 0. The van der Waals surface area contributed by atoms with Crippen molar-refractivity contribution in [3.63, 3.8) is 0 Å². The molecule has 3 nitrogen and oxygen atoms in total. The molecule has 1 N–H and O–H groups in total. The Morgan fingerprint density at radius 3 is 1.88 bits per heavy atom. The third-order valence-corrected chi connectivity index (χ3v) is 4.27. The summed E-state index contributed by atoms with van der Waals surface area (Å²) in [5.41, 5.74) is 3.77. The summed E-state index contributed by atoms with van der Waals surface area (Å²) in [6.07, 6.45) is 0. The Balaban J connectivity index is 3.17. The van der Waals surface area contributed by atoms with E-state index in [9.17, 15) is 8.42 Å². The maximum atomic E-state index is 11.8. The van der Waals surface area contributed by atoms with Crippen LogP contribution in [0.1, 0.15) is 30.5 Å². The number of hydrogen-bond acceptors (Lipinski definition) is 2. The van der Waals surface area contributed by atoms with Crippen molar-refractivity contribution < 1.29 is 8.42 Å². The fourth-order valence-electron chi connectivity index (χ4n) is 1.60. The molecule has 0 unspecified atom stereocenters. The molecular weight excluding hydrogens is 222 g/mol. The Morgan fingerprint density at radius 2 is 1.50 bits per heavy atom. The lowest BCUT2D eigenvalue weighted by Gasteiger charge is -2.15. The van der Waals surface area contributed by atoms with Gasteiger partial charge in [0.1, 0.15) is 0 Å². The first-order valence-corrected chi connectivity index (χ1v) is 6.88. The van der Waals surface area contributed by atoms with Crippen LogP contribution in [0, 0.1) is 20.8 Å². The monoisotopic (exact) mass is 241 g/mol. The minimum Gasteiger partial charge on any atom is -0.283 e. The number of sulfonamides is 1. The van der Waals surface area contributed by atoms with Crippen LogP contribution in [0.15, 0.2) is 12.1 Å². The van der Waals surface area contributed by atoms with Crippen molar-refractivity contribution in [3.05, 3.63) is 28.8 Å². The van der Waals surface area contributed by atoms with Gasteiger partial charge in [0.15, 0.2) is 0 Å². The molecule has 0 aliphatic heterocycles. The third kappa shape index (κ3) is 2.76. The summed E-state index contributed by atoms with van der Waals surface area (Å²) in [6.45, 7) is 9.17. The second-order valence-electron chi connectivity index (χ2n) is 4.47. The number of aryl methyl sites for hydroxylation is 3. The smallest absolute Gasteiger partial charge is 0.235 e. The van der Waals surface area contributed by atoms with Crippen LogP contribution in [0.2, 0.25) is 0 Å². The van der Waals surface area contributed by atoms with E-state index in [1.807, 2.05) is 32.9 Å². The maximum Gasteiger partial charge on any atom is 0.235 e. The Kier molecular flexibility index (Phi) is 3.63. The van der Waals surface area contributed by atoms with Gasteiger partial charge < -0.3 is 0 Å². The molecule has 0 fully saturated rings. The Bertz CT molecular complexity index is 467. The molecular formula is C12H19NO2S. The first-order chi connectivity index (χ1) is 7.24. The molecule has 0 amide bonds. The SMILES string of the molecule is Cc1cc(C)c(NS(=O)(=O)C(C)C)c(C)c1. The molecule has 90 valence electrons. The van der Waals surface area contributed by atoms with Gasteiger partial charge in [0.05, 0.1) is 10.9 Å². The molecule has 1 rings (SSSR count). The molecule has 0 atom stereocenters. The fourth-order valence-corrected chi connectivity index (χ4v) is 2.44. The molecule has 0 aliphatic rings. The summed E-state index contributed by atoms with van der Waals surface area (Å²) in [7, 11) is -3.26. The highest BCUT2D eigenvalue weighted by molar-refractivity contribution is 7.93. The number of hydrogen-bond donors (Lipinski definition) is 1. The summed E-state index contributed by atoms with van der Waals surface area (Å²) in [6, 6.07) is 3.95. The lowest BCUT2D eigenvalue weighted by Crippen LogP contribution is -2.23. The van der Waals surface area contributed by atoms with Crippen molar-refractivity contribution >= 4 is 15.7 Å². The van der Waals surface area contributed by atoms with Gasteiger partial charge in [-0.15, -0.1) is 0 Å². The zero-order valence-corrected chi connectivity index (χ0v) is 11.3. The van der Waals surface area contributed by atoms with Gasteiger partial charge in [0.2, 0.25) is 10.0 Å². The normalized spacial score (nSPS) is 11.9. The van der Waals surface area contributed by atoms with Crippen molar-refractivity contribution in [2.45, 2.75) is 39.9 Å². The van der Waals surface area contributed by atoms with Gasteiger partial charge in [-0.1, -0.05) is 17.7 Å². The minimum atomic E-state index is -3.26. The van der Waals surface area contributed by atoms with E-state index in [0.29, 0.717) is 5.69 Å². The largest absolute Gasteiger partial charge is 0.283 e. The summed E-state index contributed by atoms with van der Waals surface area (Å²) in [4.78, 5) is 0. The molecule has 0 bridgehead atoms. The molecule has 0 radical (unpaired) electrons. The molecule has 1 aromatic rings. The average molecular weight is 241 g/mol. The predicted octanol–water partition coefficient (Wildman–Crippen LogP) is 2.76. The minimum absolute atomic E-state index is 0.424. The number of rotatable bonds is 3. The zero-order valence-electron chi connectivity index (χ0n) is 10.5. The Morgan fingerprint density at radius 1 is 1.06 bits per heavy atom. The van der Waals surface area contributed by atoms with E-state index in [-0.39, 0.29) is 0 Å². The van der Waals surface area contributed by atoms with Crippen LogP contribution in [-0.4, -0.2) is 13.7 Å². The summed E-state index contributed by atoms with van der Waals surface area (Å²) in [5, 5.41) is -0.424. The molecule has 4 heteroatoms. The van der Waals surface area contributed by atoms with Gasteiger partial charge in [-0.3, -0.25) is 4.72 Å². The summed E-state index contributed by atoms with van der Waals surface area (Å²) < 4.78 is 26.2. The van der Waals surface area contributed by atoms with Crippen molar-refractivity contribution in [2.75, 3.05) is 4.72 Å². The van der Waals surface area contributed by atoms with Crippen LogP contribution in [0.25, 0.3) is 0 Å². The molecule has 0 aromatic heterocycles. The molecule has 16 heavy (non-hydrogen) atoms. The molecule has 0 spiro atoms. The van der Waals surface area contributed by atoms with Crippen molar-refractivity contribution in [2.24, 2.45) is 0 Å². The first kappa shape index (κ1) is 13.0. The molecule has 0 heterocycles. The van der Waals surface area contributed by atoms with Gasteiger partial charge in [-0.2, -0.15) is 0 Å². The van der Waals surface area contributed by atoms with Crippen LogP contribution in [0.3, 0.4) is 0 Å². The topological polar surface area (TPSA) is 46.2 Å². The van der Waals surface area contributed by atoms with Crippen molar-refractivity contribution in [1.82, 2.24) is 0 Å². The predicted molar refractivity (Wildman–Crippen MR) is 68.3 cm³/mol. The second-order valence-corrected chi connectivity index (χ2v) is 6.71. The molecule has 1 aromatic carbocycles. The number of anilines is 1. The van der Waals surface area contributed by atoms with Crippen LogP contribution in [0.4, 0.5) is 5.69 Å². The second kappa shape index (κ2) is 4.45. The van der Waals surface area contributed by atoms with Crippen molar-refractivity contribution in [1.29, 1.82) is 0 Å². The lowest BCUT2D eigenvalue weighted by molar-refractivity contribution is 0.592. The maximum absolute atomic E-state index is 11.8. The van der Waals surface area contributed by atoms with E-state index >= 15 is 0 Å². The van der Waals surface area contributed by atoms with Crippen LogP contribution in [-0.2, 0) is 10.0 Å². The zero-order chi connectivity index (χ0) is 12.5. The van der Waals surface area contributed by atoms with Gasteiger partial charge in [-0.25, -0.2) is 8.42 Å².